The Labute approximate surface area is 195 Å². The Morgan fingerprint density at radius 1 is 1.06 bits per heavy atom. The van der Waals surface area contributed by atoms with Crippen LogP contribution in [0.15, 0.2) is 83.3 Å². The molecule has 4 rings (SSSR count). The monoisotopic (exact) mass is 452 g/mol. The van der Waals surface area contributed by atoms with Gasteiger partial charge in [0.2, 0.25) is 5.88 Å². The number of aromatic nitrogens is 2. The van der Waals surface area contributed by atoms with Crippen molar-refractivity contribution < 1.29 is 14.3 Å². The number of amides is 1. The Balaban J connectivity index is 1.76. The molecule has 0 saturated heterocycles. The molecule has 168 valence electrons. The molecule has 2 heterocycles. The maximum absolute atomic E-state index is 13.2. The third-order valence-corrected chi connectivity index (χ3v) is 4.97. The molecule has 1 N–H and O–H groups in total. The van der Waals surface area contributed by atoms with Gasteiger partial charge in [0.05, 0.1) is 7.11 Å². The van der Waals surface area contributed by atoms with Crippen molar-refractivity contribution in [1.82, 2.24) is 9.38 Å². The molecular weight excluding hydrogens is 432 g/mol. The number of aryl methyl sites for hydroxylation is 1. The number of hydrogen-bond donors (Lipinski definition) is 1. The highest BCUT2D eigenvalue weighted by molar-refractivity contribution is 6.09. The minimum absolute atomic E-state index is 0.00921. The largest absolute Gasteiger partial charge is 0.497 e. The van der Waals surface area contributed by atoms with E-state index in [9.17, 15) is 14.9 Å². The number of carbonyl (C=O) groups is 1. The Kier molecular flexibility index (Phi) is 6.37. The number of nitrogens with one attached hydrogen (secondary N) is 1. The van der Waals surface area contributed by atoms with Gasteiger partial charge in [-0.3, -0.25) is 14.0 Å². The molecule has 2 aromatic carbocycles. The number of nitriles is 1. The maximum Gasteiger partial charge on any atom is 0.269 e. The van der Waals surface area contributed by atoms with Crippen molar-refractivity contribution in [1.29, 1.82) is 5.26 Å². The second-order valence-corrected chi connectivity index (χ2v) is 7.33. The van der Waals surface area contributed by atoms with Gasteiger partial charge in [-0.05, 0) is 61.5 Å². The van der Waals surface area contributed by atoms with Crippen LogP contribution in [0.25, 0.3) is 11.7 Å². The fourth-order valence-electron chi connectivity index (χ4n) is 3.17. The van der Waals surface area contributed by atoms with Crippen molar-refractivity contribution >= 4 is 23.3 Å². The van der Waals surface area contributed by atoms with E-state index in [1.54, 1.807) is 60.8 Å². The van der Waals surface area contributed by atoms with E-state index in [1.165, 1.54) is 17.6 Å². The molecule has 0 radical (unpaired) electrons. The van der Waals surface area contributed by atoms with Crippen LogP contribution in [0.2, 0.25) is 0 Å². The molecular formula is C26H20N4O4. The second-order valence-electron chi connectivity index (χ2n) is 7.33. The molecule has 2 aromatic heterocycles. The Morgan fingerprint density at radius 2 is 1.76 bits per heavy atom. The summed E-state index contributed by atoms with van der Waals surface area (Å²) in [5.74, 6) is 0.410. The summed E-state index contributed by atoms with van der Waals surface area (Å²) in [5, 5.41) is 12.3. The third-order valence-electron chi connectivity index (χ3n) is 4.97. The fourth-order valence-corrected chi connectivity index (χ4v) is 3.17. The van der Waals surface area contributed by atoms with Gasteiger partial charge < -0.3 is 14.8 Å². The van der Waals surface area contributed by atoms with Gasteiger partial charge in [-0.15, -0.1) is 0 Å². The summed E-state index contributed by atoms with van der Waals surface area (Å²) in [7, 11) is 1.54. The van der Waals surface area contributed by atoms with Gasteiger partial charge in [-0.25, -0.2) is 0 Å². The molecule has 0 spiro atoms. The average Bonchev–Trinajstić information content (AvgIpc) is 2.86. The van der Waals surface area contributed by atoms with Gasteiger partial charge in [-0.1, -0.05) is 23.8 Å². The van der Waals surface area contributed by atoms with E-state index in [0.717, 1.165) is 5.56 Å². The Morgan fingerprint density at radius 3 is 2.44 bits per heavy atom. The van der Waals surface area contributed by atoms with E-state index in [2.05, 4.69) is 10.3 Å². The lowest BCUT2D eigenvalue weighted by molar-refractivity contribution is -0.112. The van der Waals surface area contributed by atoms with Crippen molar-refractivity contribution in [3.05, 3.63) is 100.0 Å². The summed E-state index contributed by atoms with van der Waals surface area (Å²) in [5.41, 5.74) is 1.10. The zero-order valence-electron chi connectivity index (χ0n) is 18.5. The number of nitrogens with zero attached hydrogens (tertiary/aromatic N) is 3. The molecule has 0 aliphatic rings. The van der Waals surface area contributed by atoms with Gasteiger partial charge in [0.1, 0.15) is 34.4 Å². The SMILES string of the molecule is COc1ccc(NC(=O)/C(C#N)=C/c2c(Oc3ccc(C)cc3)nc3ccccn3c2=O)cc1. The minimum atomic E-state index is -0.675. The highest BCUT2D eigenvalue weighted by atomic mass is 16.5. The van der Waals surface area contributed by atoms with Crippen molar-refractivity contribution in [2.45, 2.75) is 6.92 Å². The average molecular weight is 452 g/mol. The highest BCUT2D eigenvalue weighted by Crippen LogP contribution is 2.24. The van der Waals surface area contributed by atoms with Crippen molar-refractivity contribution in [3.8, 4) is 23.4 Å². The van der Waals surface area contributed by atoms with Crippen LogP contribution in [0, 0.1) is 18.3 Å². The van der Waals surface area contributed by atoms with E-state index in [-0.39, 0.29) is 17.0 Å². The van der Waals surface area contributed by atoms with Crippen LogP contribution in [-0.4, -0.2) is 22.4 Å². The molecule has 34 heavy (non-hydrogen) atoms. The molecule has 0 aliphatic heterocycles. The lowest BCUT2D eigenvalue weighted by Gasteiger charge is -2.11. The molecule has 8 heteroatoms. The fraction of sp³-hybridized carbons (Fsp3) is 0.0769. The first-order valence-corrected chi connectivity index (χ1v) is 10.3. The van der Waals surface area contributed by atoms with E-state index in [4.69, 9.17) is 9.47 Å². The smallest absolute Gasteiger partial charge is 0.269 e. The lowest BCUT2D eigenvalue weighted by atomic mass is 10.1. The Hall–Kier alpha value is -4.90. The van der Waals surface area contributed by atoms with E-state index >= 15 is 0 Å². The number of carbonyl (C=O) groups excluding carboxylic acids is 1. The zero-order valence-corrected chi connectivity index (χ0v) is 18.5. The van der Waals surface area contributed by atoms with Gasteiger partial charge >= 0.3 is 0 Å². The molecule has 0 saturated carbocycles. The summed E-state index contributed by atoms with van der Waals surface area (Å²) in [4.78, 5) is 30.5. The quantitative estimate of drug-likeness (QED) is 0.344. The zero-order chi connectivity index (χ0) is 24.1. The van der Waals surface area contributed by atoms with Crippen LogP contribution in [0.3, 0.4) is 0 Å². The van der Waals surface area contributed by atoms with Crippen molar-refractivity contribution in [2.24, 2.45) is 0 Å². The molecule has 1 amide bonds. The normalized spacial score (nSPS) is 11.0. The number of fused-ring (bicyclic) bond motifs is 1. The number of hydrogen-bond acceptors (Lipinski definition) is 6. The van der Waals surface area contributed by atoms with Crippen LogP contribution in [-0.2, 0) is 4.79 Å². The second kappa shape index (κ2) is 9.71. The maximum atomic E-state index is 13.2. The Bertz CT molecular complexity index is 1480. The molecule has 4 aromatic rings. The van der Waals surface area contributed by atoms with Gasteiger partial charge in [0.15, 0.2) is 0 Å². The molecule has 0 atom stereocenters. The van der Waals surface area contributed by atoms with Crippen LogP contribution < -0.4 is 20.3 Å². The van der Waals surface area contributed by atoms with Crippen LogP contribution in [0.1, 0.15) is 11.1 Å². The molecule has 0 fully saturated rings. The topological polar surface area (TPSA) is 106 Å². The van der Waals surface area contributed by atoms with E-state index < -0.39 is 11.5 Å². The number of anilines is 1. The summed E-state index contributed by atoms with van der Waals surface area (Å²) in [6.07, 6.45) is 2.75. The predicted molar refractivity (Wildman–Crippen MR) is 128 cm³/mol. The first kappa shape index (κ1) is 22.3. The van der Waals surface area contributed by atoms with Crippen LogP contribution in [0.4, 0.5) is 5.69 Å². The number of methoxy groups -OCH3 is 1. The molecule has 0 unspecified atom stereocenters. The van der Waals surface area contributed by atoms with Crippen LogP contribution in [0.5, 0.6) is 17.4 Å². The van der Waals surface area contributed by atoms with Crippen LogP contribution >= 0.6 is 0 Å². The molecule has 0 bridgehead atoms. The summed E-state index contributed by atoms with van der Waals surface area (Å²) in [6, 6.07) is 20.8. The number of pyridine rings is 1. The van der Waals surface area contributed by atoms with E-state index in [0.29, 0.717) is 22.8 Å². The predicted octanol–water partition coefficient (Wildman–Crippen LogP) is 4.35. The number of benzene rings is 2. The first-order valence-electron chi connectivity index (χ1n) is 10.3. The summed E-state index contributed by atoms with van der Waals surface area (Å²) < 4.78 is 12.3. The van der Waals surface area contributed by atoms with E-state index in [1.807, 2.05) is 25.1 Å². The van der Waals surface area contributed by atoms with Gasteiger partial charge in [-0.2, -0.15) is 10.2 Å². The standard InChI is InChI=1S/C26H20N4O4/c1-17-6-10-21(11-7-17)34-25-22(26(32)30-14-4-3-5-23(30)29-25)15-18(16-27)24(31)28-19-8-12-20(33-2)13-9-19/h3-15H,1-2H3,(H,28,31)/b18-15+. The van der Waals surface area contributed by atoms with Gasteiger partial charge in [0, 0.05) is 11.9 Å². The minimum Gasteiger partial charge on any atom is -0.497 e. The lowest BCUT2D eigenvalue weighted by Crippen LogP contribution is -2.20. The van der Waals surface area contributed by atoms with Crippen molar-refractivity contribution in [3.63, 3.8) is 0 Å². The molecule has 0 aliphatic carbocycles. The highest BCUT2D eigenvalue weighted by Gasteiger charge is 2.17. The summed E-state index contributed by atoms with van der Waals surface area (Å²) in [6.45, 7) is 1.94. The van der Waals surface area contributed by atoms with Gasteiger partial charge in [0.25, 0.3) is 11.5 Å². The summed E-state index contributed by atoms with van der Waals surface area (Å²) >= 11 is 0. The van der Waals surface area contributed by atoms with Crippen molar-refractivity contribution in [2.75, 3.05) is 12.4 Å². The number of rotatable bonds is 6. The number of ether oxygens (including phenoxy) is 2. The first-order chi connectivity index (χ1) is 16.5. The molecule has 8 nitrogen and oxygen atoms in total. The third kappa shape index (κ3) is 4.79.